The highest BCUT2D eigenvalue weighted by molar-refractivity contribution is 7.84. The standard InChI is InChI=1S/C21H21FN4OS/c1-28(23)13-14-5-2-8-16(11-14)25-21-24-12-18(22)19(26-21)17-9-3-6-15-7-4-10-27-20(15)17/h2-3,5-6,8-9,11-12,23H,4,7,10,13H2,1H3,(H,24,25,26). The van der Waals surface area contributed by atoms with Gasteiger partial charge in [-0.3, -0.25) is 4.78 Å². The zero-order valence-electron chi connectivity index (χ0n) is 15.5. The largest absolute Gasteiger partial charge is 0.493 e. The Morgan fingerprint density at radius 2 is 2.11 bits per heavy atom. The molecule has 0 radical (unpaired) electrons. The third kappa shape index (κ3) is 4.04. The maximum Gasteiger partial charge on any atom is 0.227 e. The van der Waals surface area contributed by atoms with Gasteiger partial charge in [0, 0.05) is 17.0 Å². The molecule has 2 heterocycles. The minimum Gasteiger partial charge on any atom is -0.493 e. The molecule has 0 bridgehead atoms. The van der Waals surface area contributed by atoms with Crippen LogP contribution in [0.15, 0.2) is 48.7 Å². The first kappa shape index (κ1) is 18.6. The molecule has 1 atom stereocenters. The van der Waals surface area contributed by atoms with Crippen LogP contribution in [0.1, 0.15) is 17.5 Å². The van der Waals surface area contributed by atoms with Crippen molar-refractivity contribution in [2.75, 3.05) is 18.2 Å². The van der Waals surface area contributed by atoms with Crippen LogP contribution >= 0.6 is 0 Å². The summed E-state index contributed by atoms with van der Waals surface area (Å²) < 4.78 is 28.1. The molecule has 1 aliphatic rings. The predicted molar refractivity (Wildman–Crippen MR) is 111 cm³/mol. The number of hydrogen-bond donors (Lipinski definition) is 2. The molecule has 5 nitrogen and oxygen atoms in total. The van der Waals surface area contributed by atoms with Crippen LogP contribution in [0.5, 0.6) is 5.75 Å². The zero-order valence-corrected chi connectivity index (χ0v) is 16.4. The van der Waals surface area contributed by atoms with Gasteiger partial charge in [0.2, 0.25) is 5.95 Å². The molecular weight excluding hydrogens is 375 g/mol. The number of nitrogens with one attached hydrogen (secondary N) is 2. The fourth-order valence-corrected chi connectivity index (χ4v) is 3.99. The van der Waals surface area contributed by atoms with Crippen molar-refractivity contribution in [1.29, 1.82) is 4.78 Å². The fraction of sp³-hybridized carbons (Fsp3) is 0.238. The van der Waals surface area contributed by atoms with Crippen molar-refractivity contribution in [2.24, 2.45) is 0 Å². The molecule has 0 spiro atoms. The van der Waals surface area contributed by atoms with E-state index in [9.17, 15) is 4.39 Å². The van der Waals surface area contributed by atoms with Crippen LogP contribution < -0.4 is 10.1 Å². The van der Waals surface area contributed by atoms with E-state index in [1.54, 1.807) is 0 Å². The number of ether oxygens (including phenoxy) is 1. The molecule has 0 amide bonds. The Labute approximate surface area is 165 Å². The van der Waals surface area contributed by atoms with Crippen molar-refractivity contribution < 1.29 is 9.13 Å². The molecule has 2 N–H and O–H groups in total. The molecule has 0 fully saturated rings. The summed E-state index contributed by atoms with van der Waals surface area (Å²) in [5, 5.41) is 3.15. The summed E-state index contributed by atoms with van der Waals surface area (Å²) in [4.78, 5) is 8.51. The Morgan fingerprint density at radius 1 is 1.25 bits per heavy atom. The second kappa shape index (κ2) is 8.06. The minimum absolute atomic E-state index is 0.230. The first-order chi connectivity index (χ1) is 13.6. The summed E-state index contributed by atoms with van der Waals surface area (Å²) in [6, 6.07) is 13.5. The Balaban J connectivity index is 1.66. The van der Waals surface area contributed by atoms with Crippen molar-refractivity contribution in [3.05, 3.63) is 65.6 Å². The van der Waals surface area contributed by atoms with E-state index in [1.807, 2.05) is 48.7 Å². The number of para-hydroxylation sites is 1. The van der Waals surface area contributed by atoms with Crippen LogP contribution in [0, 0.1) is 10.6 Å². The number of anilines is 2. The van der Waals surface area contributed by atoms with E-state index in [-0.39, 0.29) is 5.69 Å². The van der Waals surface area contributed by atoms with E-state index in [0.29, 0.717) is 29.6 Å². The average molecular weight is 396 g/mol. The molecule has 28 heavy (non-hydrogen) atoms. The number of nitrogens with zero attached hydrogens (tertiary/aromatic N) is 2. The van der Waals surface area contributed by atoms with E-state index >= 15 is 0 Å². The Morgan fingerprint density at radius 3 is 2.96 bits per heavy atom. The Kier molecular flexibility index (Phi) is 5.34. The molecule has 4 rings (SSSR count). The van der Waals surface area contributed by atoms with Crippen molar-refractivity contribution in [2.45, 2.75) is 18.6 Å². The molecule has 3 aromatic rings. The fourth-order valence-electron chi connectivity index (χ4n) is 3.31. The van der Waals surface area contributed by atoms with Crippen LogP contribution in [-0.4, -0.2) is 22.8 Å². The van der Waals surface area contributed by atoms with Gasteiger partial charge in [-0.15, -0.1) is 10.7 Å². The van der Waals surface area contributed by atoms with Crippen molar-refractivity contribution >= 4 is 22.3 Å². The SMILES string of the molecule is CS(=N)Cc1cccc(Nc2ncc(F)c(-c3cccc4c3OCCC4)n2)c1. The minimum atomic E-state index is -0.480. The van der Waals surface area contributed by atoms with Gasteiger partial charge < -0.3 is 10.1 Å². The van der Waals surface area contributed by atoms with Gasteiger partial charge in [-0.25, -0.2) is 14.4 Å². The van der Waals surface area contributed by atoms with Crippen LogP contribution in [-0.2, 0) is 22.9 Å². The van der Waals surface area contributed by atoms with E-state index < -0.39 is 16.5 Å². The average Bonchev–Trinajstić information content (AvgIpc) is 2.69. The third-order valence-electron chi connectivity index (χ3n) is 4.50. The van der Waals surface area contributed by atoms with Gasteiger partial charge in [0.15, 0.2) is 5.82 Å². The lowest BCUT2D eigenvalue weighted by molar-refractivity contribution is 0.289. The van der Waals surface area contributed by atoms with E-state index in [2.05, 4.69) is 15.3 Å². The lowest BCUT2D eigenvalue weighted by atomic mass is 10.0. The molecule has 1 unspecified atom stereocenters. The number of rotatable bonds is 5. The highest BCUT2D eigenvalue weighted by atomic mass is 32.2. The summed E-state index contributed by atoms with van der Waals surface area (Å²) >= 11 is 0. The number of fused-ring (bicyclic) bond motifs is 1. The number of aromatic nitrogens is 2. The maximum atomic E-state index is 14.5. The molecule has 1 aromatic heterocycles. The second-order valence-corrected chi connectivity index (χ2v) is 8.31. The lowest BCUT2D eigenvalue weighted by Crippen LogP contribution is -2.10. The van der Waals surface area contributed by atoms with Gasteiger partial charge >= 0.3 is 0 Å². The van der Waals surface area contributed by atoms with Gasteiger partial charge in [0.05, 0.1) is 12.8 Å². The van der Waals surface area contributed by atoms with Crippen LogP contribution in [0.25, 0.3) is 11.3 Å². The highest BCUT2D eigenvalue weighted by Gasteiger charge is 2.19. The number of aryl methyl sites for hydroxylation is 1. The number of halogens is 1. The third-order valence-corrected chi connectivity index (χ3v) is 5.27. The van der Waals surface area contributed by atoms with Crippen molar-refractivity contribution in [3.8, 4) is 17.0 Å². The molecule has 0 aliphatic carbocycles. The Bertz CT molecular complexity index is 1040. The quantitative estimate of drug-likeness (QED) is 0.646. The molecule has 0 saturated carbocycles. The normalized spacial score (nSPS) is 14.1. The van der Waals surface area contributed by atoms with Gasteiger partial charge in [0.25, 0.3) is 0 Å². The number of benzene rings is 2. The van der Waals surface area contributed by atoms with Gasteiger partial charge in [-0.05, 0) is 48.4 Å². The lowest BCUT2D eigenvalue weighted by Gasteiger charge is -2.20. The molecule has 7 heteroatoms. The zero-order chi connectivity index (χ0) is 19.5. The topological polar surface area (TPSA) is 70.9 Å². The van der Waals surface area contributed by atoms with Gasteiger partial charge in [-0.2, -0.15) is 0 Å². The highest BCUT2D eigenvalue weighted by Crippen LogP contribution is 2.36. The van der Waals surface area contributed by atoms with Gasteiger partial charge in [0.1, 0.15) is 11.4 Å². The summed E-state index contributed by atoms with van der Waals surface area (Å²) in [6.45, 7) is 0.629. The van der Waals surface area contributed by atoms with E-state index in [0.717, 1.165) is 29.7 Å². The predicted octanol–water partition coefficient (Wildman–Crippen LogP) is 4.86. The molecular formula is C21H21FN4OS. The van der Waals surface area contributed by atoms with Crippen molar-refractivity contribution in [1.82, 2.24) is 9.97 Å². The molecule has 1 aliphatic heterocycles. The second-order valence-electron chi connectivity index (χ2n) is 6.74. The maximum absolute atomic E-state index is 14.5. The number of hydrogen-bond acceptors (Lipinski definition) is 5. The molecule has 144 valence electrons. The van der Waals surface area contributed by atoms with Crippen LogP contribution in [0.2, 0.25) is 0 Å². The van der Waals surface area contributed by atoms with Gasteiger partial charge in [-0.1, -0.05) is 24.3 Å². The first-order valence-corrected chi connectivity index (χ1v) is 10.9. The summed E-state index contributed by atoms with van der Waals surface area (Å²) in [6.07, 6.45) is 4.95. The summed E-state index contributed by atoms with van der Waals surface area (Å²) in [7, 11) is -0.427. The summed E-state index contributed by atoms with van der Waals surface area (Å²) in [5.41, 5.74) is 3.84. The summed E-state index contributed by atoms with van der Waals surface area (Å²) in [5.74, 6) is 1.25. The first-order valence-electron chi connectivity index (χ1n) is 9.07. The van der Waals surface area contributed by atoms with Crippen LogP contribution in [0.3, 0.4) is 0 Å². The van der Waals surface area contributed by atoms with E-state index in [1.165, 1.54) is 6.20 Å². The Hall–Kier alpha value is -2.80. The van der Waals surface area contributed by atoms with E-state index in [4.69, 9.17) is 9.52 Å². The van der Waals surface area contributed by atoms with Crippen LogP contribution in [0.4, 0.5) is 16.0 Å². The monoisotopic (exact) mass is 396 g/mol. The van der Waals surface area contributed by atoms with Crippen molar-refractivity contribution in [3.63, 3.8) is 0 Å². The molecule has 2 aromatic carbocycles. The smallest absolute Gasteiger partial charge is 0.227 e. The molecule has 0 saturated heterocycles.